The third-order valence-corrected chi connectivity index (χ3v) is 4.24. The number of sulfone groups is 1. The van der Waals surface area contributed by atoms with Gasteiger partial charge in [0.2, 0.25) is 0 Å². The van der Waals surface area contributed by atoms with Gasteiger partial charge in [0.1, 0.15) is 5.40 Å². The summed E-state index contributed by atoms with van der Waals surface area (Å²) in [7, 11) is -3.13. The first-order valence-corrected chi connectivity index (χ1v) is 5.67. The molecule has 0 aliphatic carbocycles. The fourth-order valence-electron chi connectivity index (χ4n) is 0.740. The second-order valence-electron chi connectivity index (χ2n) is 2.03. The van der Waals surface area contributed by atoms with Gasteiger partial charge in [0.05, 0.1) is 11.0 Å². The van der Waals surface area contributed by atoms with E-state index in [1.54, 1.807) is 5.40 Å². The molecule has 1 rings (SSSR count). The lowest BCUT2D eigenvalue weighted by molar-refractivity contribution is 0.606. The van der Waals surface area contributed by atoms with Crippen LogP contribution >= 0.6 is 23.4 Å². The van der Waals surface area contributed by atoms with Gasteiger partial charge in [-0.25, -0.2) is 8.42 Å². The van der Waals surface area contributed by atoms with Crippen LogP contribution in [0.15, 0.2) is 10.4 Å². The van der Waals surface area contributed by atoms with E-state index in [9.17, 15) is 8.42 Å². The Morgan fingerprint density at radius 1 is 1.82 bits per heavy atom. The molecule has 1 aliphatic rings. The molecule has 0 saturated heterocycles. The first-order chi connectivity index (χ1) is 5.05. The number of nitriles is 1. The van der Waals surface area contributed by atoms with Crippen LogP contribution in [0.25, 0.3) is 0 Å². The van der Waals surface area contributed by atoms with Gasteiger partial charge in [-0.15, -0.1) is 0 Å². The van der Waals surface area contributed by atoms with Gasteiger partial charge in [0.15, 0.2) is 9.84 Å². The molecule has 0 radical (unpaired) electrons. The second-order valence-corrected chi connectivity index (χ2v) is 5.35. The van der Waals surface area contributed by atoms with Crippen molar-refractivity contribution < 1.29 is 8.42 Å². The van der Waals surface area contributed by atoms with Crippen LogP contribution in [-0.4, -0.2) is 19.4 Å². The summed E-state index contributed by atoms with van der Waals surface area (Å²) in [6.07, 6.45) is 0. The summed E-state index contributed by atoms with van der Waals surface area (Å²) in [5.41, 5.74) is 0. The Hall–Kier alpha value is -0.180. The van der Waals surface area contributed by atoms with Gasteiger partial charge in [-0.05, 0) is 11.8 Å². The van der Waals surface area contributed by atoms with Crippen molar-refractivity contribution in [2.24, 2.45) is 0 Å². The number of hydrogen-bond acceptors (Lipinski definition) is 4. The van der Waals surface area contributed by atoms with Crippen molar-refractivity contribution in [3.8, 4) is 5.40 Å². The number of nitrogens with zero attached hydrogens (tertiary/aromatic N) is 1. The van der Waals surface area contributed by atoms with Crippen molar-refractivity contribution in [1.29, 1.82) is 5.26 Å². The smallest absolute Gasteiger partial charge is 0.174 e. The first kappa shape index (κ1) is 8.91. The Balaban J connectivity index is 2.83. The average molecular weight is 210 g/mol. The molecule has 0 bridgehead atoms. The van der Waals surface area contributed by atoms with Crippen molar-refractivity contribution in [3.05, 3.63) is 10.4 Å². The molecule has 6 heteroatoms. The highest BCUT2D eigenvalue weighted by atomic mass is 35.5. The molecule has 1 heterocycles. The molecule has 1 atom stereocenters. The van der Waals surface area contributed by atoms with Gasteiger partial charge in [-0.2, -0.15) is 5.26 Å². The summed E-state index contributed by atoms with van der Waals surface area (Å²) in [4.78, 5) is 0. The largest absolute Gasteiger partial charge is 0.224 e. The van der Waals surface area contributed by atoms with Crippen LogP contribution in [-0.2, 0) is 9.84 Å². The van der Waals surface area contributed by atoms with Crippen LogP contribution in [0.2, 0.25) is 0 Å². The highest BCUT2D eigenvalue weighted by Crippen LogP contribution is 2.29. The normalized spacial score (nSPS) is 27.6. The molecular formula is C5H4ClNO2S2. The Morgan fingerprint density at radius 3 is 2.82 bits per heavy atom. The predicted octanol–water partition coefficient (Wildman–Crippen LogP) is 1.08. The first-order valence-electron chi connectivity index (χ1n) is 2.70. The second kappa shape index (κ2) is 3.05. The van der Waals surface area contributed by atoms with E-state index in [1.165, 1.54) is 0 Å². The third kappa shape index (κ3) is 2.12. The monoisotopic (exact) mass is 209 g/mol. The molecule has 11 heavy (non-hydrogen) atoms. The molecular weight excluding hydrogens is 206 g/mol. The Labute approximate surface area is 73.9 Å². The Bertz CT molecular complexity index is 327. The maximum atomic E-state index is 10.8. The molecule has 0 aromatic rings. The summed E-state index contributed by atoms with van der Waals surface area (Å²) in [6.45, 7) is 0. The quantitative estimate of drug-likeness (QED) is 0.607. The van der Waals surface area contributed by atoms with Crippen molar-refractivity contribution in [2.45, 2.75) is 5.25 Å². The van der Waals surface area contributed by atoms with Crippen LogP contribution in [0.5, 0.6) is 0 Å². The van der Waals surface area contributed by atoms with E-state index in [1.807, 2.05) is 0 Å². The zero-order chi connectivity index (χ0) is 8.48. The molecule has 1 aliphatic heterocycles. The van der Waals surface area contributed by atoms with Crippen LogP contribution in [0.3, 0.4) is 0 Å². The molecule has 0 aromatic heterocycles. The number of thioether (sulfide) groups is 1. The lowest BCUT2D eigenvalue weighted by Gasteiger charge is -1.99. The number of hydrogen-bond donors (Lipinski definition) is 0. The standard InChI is InChI=1S/C5H4ClNO2S2/c6-4-1-11(8,9)2-5(4)10-3-7/h1,5H,2H2/t5-/m0/s1. The third-order valence-electron chi connectivity index (χ3n) is 1.18. The summed E-state index contributed by atoms with van der Waals surface area (Å²) < 4.78 is 21.7. The molecule has 0 spiro atoms. The molecule has 0 fully saturated rings. The maximum absolute atomic E-state index is 10.8. The Morgan fingerprint density at radius 2 is 2.45 bits per heavy atom. The van der Waals surface area contributed by atoms with E-state index in [2.05, 4.69) is 0 Å². The summed E-state index contributed by atoms with van der Waals surface area (Å²) >= 11 is 6.43. The van der Waals surface area contributed by atoms with E-state index >= 15 is 0 Å². The molecule has 0 saturated carbocycles. The van der Waals surface area contributed by atoms with Crippen molar-refractivity contribution in [2.75, 3.05) is 5.75 Å². The van der Waals surface area contributed by atoms with Gasteiger partial charge >= 0.3 is 0 Å². The molecule has 0 aromatic carbocycles. The number of halogens is 1. The van der Waals surface area contributed by atoms with E-state index in [0.29, 0.717) is 0 Å². The lowest BCUT2D eigenvalue weighted by atomic mass is 10.5. The van der Waals surface area contributed by atoms with Crippen molar-refractivity contribution in [3.63, 3.8) is 0 Å². The fourth-order valence-corrected chi connectivity index (χ4v) is 3.89. The van der Waals surface area contributed by atoms with E-state index in [4.69, 9.17) is 16.9 Å². The van der Waals surface area contributed by atoms with Crippen molar-refractivity contribution >= 4 is 33.2 Å². The van der Waals surface area contributed by atoms with Gasteiger partial charge in [-0.1, -0.05) is 11.6 Å². The van der Waals surface area contributed by atoms with Crippen LogP contribution in [0, 0.1) is 10.7 Å². The van der Waals surface area contributed by atoms with Crippen LogP contribution < -0.4 is 0 Å². The molecule has 3 nitrogen and oxygen atoms in total. The number of rotatable bonds is 1. The zero-order valence-corrected chi connectivity index (χ0v) is 7.71. The number of thiocyanates is 1. The highest BCUT2D eigenvalue weighted by molar-refractivity contribution is 8.06. The van der Waals surface area contributed by atoms with E-state index < -0.39 is 9.84 Å². The predicted molar refractivity (Wildman–Crippen MR) is 44.7 cm³/mol. The lowest BCUT2D eigenvalue weighted by Crippen LogP contribution is -2.07. The topological polar surface area (TPSA) is 57.9 Å². The maximum Gasteiger partial charge on any atom is 0.174 e. The van der Waals surface area contributed by atoms with E-state index in [0.717, 1.165) is 17.2 Å². The molecule has 0 N–H and O–H groups in total. The van der Waals surface area contributed by atoms with Gasteiger partial charge < -0.3 is 0 Å². The Kier molecular flexibility index (Phi) is 2.47. The van der Waals surface area contributed by atoms with Crippen LogP contribution in [0.4, 0.5) is 0 Å². The minimum atomic E-state index is -3.13. The van der Waals surface area contributed by atoms with Crippen LogP contribution in [0.1, 0.15) is 0 Å². The molecule has 0 unspecified atom stereocenters. The summed E-state index contributed by atoms with van der Waals surface area (Å²) in [5, 5.41) is 10.9. The summed E-state index contributed by atoms with van der Waals surface area (Å²) in [5.74, 6) is -0.0515. The fraction of sp³-hybridized carbons (Fsp3) is 0.400. The average Bonchev–Trinajstić information content (AvgIpc) is 2.07. The highest BCUT2D eigenvalue weighted by Gasteiger charge is 2.28. The minimum Gasteiger partial charge on any atom is -0.224 e. The zero-order valence-electron chi connectivity index (χ0n) is 5.32. The van der Waals surface area contributed by atoms with Crippen molar-refractivity contribution in [1.82, 2.24) is 0 Å². The SMILES string of the molecule is N#CS[C@H]1CS(=O)(=O)C=C1Cl. The van der Waals surface area contributed by atoms with Gasteiger partial charge in [-0.3, -0.25) is 0 Å². The van der Waals surface area contributed by atoms with E-state index in [-0.39, 0.29) is 16.0 Å². The molecule has 0 amide bonds. The summed E-state index contributed by atoms with van der Waals surface area (Å²) in [6, 6.07) is 0. The molecule has 60 valence electrons. The van der Waals surface area contributed by atoms with Gasteiger partial charge in [0.25, 0.3) is 0 Å². The van der Waals surface area contributed by atoms with Gasteiger partial charge in [0, 0.05) is 10.4 Å². The minimum absolute atomic E-state index is 0.0515.